The first-order valence-electron chi connectivity index (χ1n) is 10.9. The Morgan fingerprint density at radius 1 is 0.886 bits per heavy atom. The van der Waals surface area contributed by atoms with Crippen molar-refractivity contribution < 1.29 is 27.4 Å². The Morgan fingerprint density at radius 3 is 2.31 bits per heavy atom. The Bertz CT molecular complexity index is 1320. The number of carbonyl (C=O) groups is 1. The van der Waals surface area contributed by atoms with Gasteiger partial charge >= 0.3 is 0 Å². The van der Waals surface area contributed by atoms with E-state index in [1.807, 2.05) is 32.0 Å². The van der Waals surface area contributed by atoms with E-state index in [4.69, 9.17) is 14.2 Å². The highest BCUT2D eigenvalue weighted by atomic mass is 32.2. The summed E-state index contributed by atoms with van der Waals surface area (Å²) in [5.74, 6) is 0.790. The molecule has 0 spiro atoms. The number of amides is 1. The molecule has 186 valence electrons. The van der Waals surface area contributed by atoms with Crippen LogP contribution in [-0.2, 0) is 16.4 Å². The van der Waals surface area contributed by atoms with Crippen molar-refractivity contribution in [1.82, 2.24) is 0 Å². The molecule has 0 aliphatic heterocycles. The quantitative estimate of drug-likeness (QED) is 0.422. The van der Waals surface area contributed by atoms with Gasteiger partial charge in [0.15, 0.2) is 21.3 Å². The Morgan fingerprint density at radius 2 is 1.63 bits per heavy atom. The maximum atomic E-state index is 12.9. The molecule has 0 unspecified atom stereocenters. The second-order valence-corrected chi connectivity index (χ2v) is 10.3. The van der Waals surface area contributed by atoms with Crippen molar-refractivity contribution in [3.8, 4) is 17.2 Å². The van der Waals surface area contributed by atoms with Crippen molar-refractivity contribution >= 4 is 27.1 Å². The fourth-order valence-electron chi connectivity index (χ4n) is 3.37. The van der Waals surface area contributed by atoms with Crippen LogP contribution in [0.3, 0.4) is 0 Å². The molecule has 9 heteroatoms. The van der Waals surface area contributed by atoms with Gasteiger partial charge in [-0.2, -0.15) is 0 Å². The molecule has 3 aromatic carbocycles. The molecular weight excluding hydrogens is 468 g/mol. The number of aryl methyl sites for hydroxylation is 2. The number of sulfone groups is 1. The number of hydrogen-bond donors (Lipinski definition) is 2. The highest BCUT2D eigenvalue weighted by molar-refractivity contribution is 7.90. The van der Waals surface area contributed by atoms with Gasteiger partial charge in [0.05, 0.1) is 19.9 Å². The standard InChI is InChI=1S/C26H30N2O6S/c1-17-6-7-18(2)20(12-17)15-34-24-14-21(9-10-22(24)27-16-35(5,30)31)28-26(29)19-8-11-23(32-3)25(13-19)33-4/h6-14,27H,15-16H2,1-5H3,(H,28,29). The van der Waals surface area contributed by atoms with Gasteiger partial charge in [0.1, 0.15) is 18.2 Å². The molecule has 8 nitrogen and oxygen atoms in total. The van der Waals surface area contributed by atoms with E-state index in [1.165, 1.54) is 14.2 Å². The van der Waals surface area contributed by atoms with Crippen LogP contribution in [-0.4, -0.2) is 40.7 Å². The molecule has 0 aliphatic carbocycles. The first-order chi connectivity index (χ1) is 16.6. The first kappa shape index (κ1) is 25.9. The lowest BCUT2D eigenvalue weighted by atomic mass is 10.1. The van der Waals surface area contributed by atoms with Crippen LogP contribution in [0.15, 0.2) is 54.6 Å². The SMILES string of the molecule is COc1ccc(C(=O)Nc2ccc(NCS(C)(=O)=O)c(OCc3cc(C)ccc3C)c2)cc1OC. The summed E-state index contributed by atoms with van der Waals surface area (Å²) in [4.78, 5) is 12.9. The molecule has 1 amide bonds. The monoisotopic (exact) mass is 498 g/mol. The van der Waals surface area contributed by atoms with Crippen molar-refractivity contribution in [2.45, 2.75) is 20.5 Å². The molecule has 2 N–H and O–H groups in total. The van der Waals surface area contributed by atoms with E-state index in [2.05, 4.69) is 10.6 Å². The number of carbonyl (C=O) groups excluding carboxylic acids is 1. The van der Waals surface area contributed by atoms with Gasteiger partial charge in [-0.05, 0) is 55.3 Å². The summed E-state index contributed by atoms with van der Waals surface area (Å²) >= 11 is 0. The summed E-state index contributed by atoms with van der Waals surface area (Å²) in [7, 11) is -0.229. The van der Waals surface area contributed by atoms with E-state index in [1.54, 1.807) is 36.4 Å². The largest absolute Gasteiger partial charge is 0.493 e. The molecule has 3 aromatic rings. The zero-order valence-electron chi connectivity index (χ0n) is 20.5. The Labute approximate surface area is 206 Å². The average molecular weight is 499 g/mol. The maximum Gasteiger partial charge on any atom is 0.255 e. The van der Waals surface area contributed by atoms with Gasteiger partial charge in [-0.15, -0.1) is 0 Å². The molecule has 0 saturated carbocycles. The molecule has 0 bridgehead atoms. The lowest BCUT2D eigenvalue weighted by molar-refractivity contribution is 0.102. The van der Waals surface area contributed by atoms with Gasteiger partial charge < -0.3 is 24.8 Å². The van der Waals surface area contributed by atoms with Crippen LogP contribution in [0.4, 0.5) is 11.4 Å². The number of benzene rings is 3. The van der Waals surface area contributed by atoms with Crippen molar-refractivity contribution in [3.05, 3.63) is 76.9 Å². The van der Waals surface area contributed by atoms with E-state index in [-0.39, 0.29) is 18.4 Å². The Hall–Kier alpha value is -3.72. The molecule has 0 atom stereocenters. The molecule has 0 saturated heterocycles. The summed E-state index contributed by atoms with van der Waals surface area (Å²) < 4.78 is 39.9. The lowest BCUT2D eigenvalue weighted by Crippen LogP contribution is -2.14. The first-order valence-corrected chi connectivity index (χ1v) is 12.9. The Balaban J connectivity index is 1.85. The highest BCUT2D eigenvalue weighted by Gasteiger charge is 2.14. The van der Waals surface area contributed by atoms with Gasteiger partial charge in [0.25, 0.3) is 5.91 Å². The van der Waals surface area contributed by atoms with Gasteiger partial charge in [0.2, 0.25) is 0 Å². The van der Waals surface area contributed by atoms with E-state index in [9.17, 15) is 13.2 Å². The minimum Gasteiger partial charge on any atom is -0.493 e. The number of anilines is 2. The topological polar surface area (TPSA) is 103 Å². The third-order valence-electron chi connectivity index (χ3n) is 5.30. The van der Waals surface area contributed by atoms with Crippen LogP contribution in [0.5, 0.6) is 17.2 Å². The maximum absolute atomic E-state index is 12.9. The van der Waals surface area contributed by atoms with Crippen molar-refractivity contribution in [3.63, 3.8) is 0 Å². The van der Waals surface area contributed by atoms with Gasteiger partial charge in [-0.3, -0.25) is 4.79 Å². The lowest BCUT2D eigenvalue weighted by Gasteiger charge is -2.16. The number of methoxy groups -OCH3 is 2. The number of ether oxygens (including phenoxy) is 3. The minimum atomic E-state index is -3.25. The zero-order valence-corrected chi connectivity index (χ0v) is 21.3. The van der Waals surface area contributed by atoms with E-state index < -0.39 is 9.84 Å². The van der Waals surface area contributed by atoms with Gasteiger partial charge in [0, 0.05) is 23.6 Å². The van der Waals surface area contributed by atoms with Crippen LogP contribution < -0.4 is 24.8 Å². The van der Waals surface area contributed by atoms with Crippen LogP contribution in [0.2, 0.25) is 0 Å². The summed E-state index contributed by atoms with van der Waals surface area (Å²) in [6.07, 6.45) is 1.15. The predicted molar refractivity (Wildman–Crippen MR) is 138 cm³/mol. The van der Waals surface area contributed by atoms with Crippen LogP contribution in [0.25, 0.3) is 0 Å². The van der Waals surface area contributed by atoms with Crippen LogP contribution >= 0.6 is 0 Å². The van der Waals surface area contributed by atoms with Crippen molar-refractivity contribution in [2.24, 2.45) is 0 Å². The Kier molecular flexibility index (Phi) is 8.24. The summed E-state index contributed by atoms with van der Waals surface area (Å²) in [6, 6.07) is 16.0. The molecule has 0 heterocycles. The van der Waals surface area contributed by atoms with Gasteiger partial charge in [-0.1, -0.05) is 23.8 Å². The predicted octanol–water partition coefficient (Wildman–Crippen LogP) is 4.57. The molecule has 0 aliphatic rings. The number of hydrogen-bond acceptors (Lipinski definition) is 7. The minimum absolute atomic E-state index is 0.246. The third kappa shape index (κ3) is 7.13. The normalized spacial score (nSPS) is 11.0. The van der Waals surface area contributed by atoms with Crippen molar-refractivity contribution in [2.75, 3.05) is 37.0 Å². The van der Waals surface area contributed by atoms with Crippen LogP contribution in [0, 0.1) is 13.8 Å². The average Bonchev–Trinajstić information content (AvgIpc) is 2.82. The zero-order chi connectivity index (χ0) is 25.6. The van der Waals surface area contributed by atoms with E-state index in [0.29, 0.717) is 34.2 Å². The number of rotatable bonds is 10. The molecular formula is C26H30N2O6S. The molecule has 0 fully saturated rings. The second-order valence-electron chi connectivity index (χ2n) is 8.20. The summed E-state index contributed by atoms with van der Waals surface area (Å²) in [5.41, 5.74) is 4.59. The third-order valence-corrected chi connectivity index (χ3v) is 5.97. The van der Waals surface area contributed by atoms with E-state index >= 15 is 0 Å². The fourth-order valence-corrected chi connectivity index (χ4v) is 3.78. The molecule has 3 rings (SSSR count). The molecule has 0 aromatic heterocycles. The highest BCUT2D eigenvalue weighted by Crippen LogP contribution is 2.31. The van der Waals surface area contributed by atoms with E-state index in [0.717, 1.165) is 22.9 Å². The number of nitrogens with one attached hydrogen (secondary N) is 2. The second kappa shape index (κ2) is 11.1. The van der Waals surface area contributed by atoms with Crippen LogP contribution in [0.1, 0.15) is 27.0 Å². The summed E-state index contributed by atoms with van der Waals surface area (Å²) in [6.45, 7) is 4.29. The van der Waals surface area contributed by atoms with Crippen molar-refractivity contribution in [1.29, 1.82) is 0 Å². The molecule has 0 radical (unpaired) electrons. The van der Waals surface area contributed by atoms with Gasteiger partial charge in [-0.25, -0.2) is 8.42 Å². The summed E-state index contributed by atoms with van der Waals surface area (Å²) in [5, 5.41) is 5.74. The fraction of sp³-hybridized carbons (Fsp3) is 0.269. The smallest absolute Gasteiger partial charge is 0.255 e. The molecule has 35 heavy (non-hydrogen) atoms.